The number of nitrogens with zero attached hydrogens (tertiary/aromatic N) is 1. The van der Waals surface area contributed by atoms with Gasteiger partial charge in [-0.3, -0.25) is 14.5 Å². The maximum Gasteiger partial charge on any atom is 0.325 e. The highest BCUT2D eigenvalue weighted by Crippen LogP contribution is 2.34. The number of carbonyl (C=O) groups excluding carboxylic acids is 3. The summed E-state index contributed by atoms with van der Waals surface area (Å²) < 4.78 is 5.09. The molecule has 1 heterocycles. The number of benzene rings is 1. The van der Waals surface area contributed by atoms with Crippen LogP contribution in [0.4, 0.5) is 4.79 Å². The average molecular weight is 371 g/mol. The molecule has 2 aliphatic rings. The molecule has 7 heteroatoms. The SMILES string of the molecule is COc1ccc(/C=C/C(=O)NCCCN2C(=O)NC3(CCCC3)C2=O)cc1. The zero-order chi connectivity index (χ0) is 19.3. The van der Waals surface area contributed by atoms with Crippen LogP contribution in [0.25, 0.3) is 6.08 Å². The van der Waals surface area contributed by atoms with Gasteiger partial charge in [-0.05, 0) is 43.0 Å². The second kappa shape index (κ2) is 8.24. The van der Waals surface area contributed by atoms with Crippen molar-refractivity contribution in [1.82, 2.24) is 15.5 Å². The normalized spacial score (nSPS) is 18.3. The molecule has 1 aliphatic heterocycles. The van der Waals surface area contributed by atoms with Crippen molar-refractivity contribution in [3.63, 3.8) is 0 Å². The number of carbonyl (C=O) groups is 3. The smallest absolute Gasteiger partial charge is 0.325 e. The molecule has 1 spiro atoms. The number of amides is 4. The largest absolute Gasteiger partial charge is 0.497 e. The molecule has 0 atom stereocenters. The van der Waals surface area contributed by atoms with Gasteiger partial charge in [-0.15, -0.1) is 0 Å². The summed E-state index contributed by atoms with van der Waals surface area (Å²) in [4.78, 5) is 37.7. The molecule has 4 amide bonds. The molecule has 2 fully saturated rings. The van der Waals surface area contributed by atoms with Gasteiger partial charge in [0.1, 0.15) is 11.3 Å². The van der Waals surface area contributed by atoms with Gasteiger partial charge < -0.3 is 15.4 Å². The second-order valence-electron chi connectivity index (χ2n) is 6.93. The van der Waals surface area contributed by atoms with E-state index in [9.17, 15) is 14.4 Å². The number of imide groups is 1. The fourth-order valence-corrected chi connectivity index (χ4v) is 3.59. The summed E-state index contributed by atoms with van der Waals surface area (Å²) in [6.45, 7) is 0.713. The van der Waals surface area contributed by atoms with E-state index in [-0.39, 0.29) is 17.8 Å². The number of methoxy groups -OCH3 is 1. The second-order valence-corrected chi connectivity index (χ2v) is 6.93. The average Bonchev–Trinajstić information content (AvgIpc) is 3.24. The maximum absolute atomic E-state index is 12.5. The molecule has 0 bridgehead atoms. The molecular weight excluding hydrogens is 346 g/mol. The summed E-state index contributed by atoms with van der Waals surface area (Å²) >= 11 is 0. The Hall–Kier alpha value is -2.83. The van der Waals surface area contributed by atoms with Crippen LogP contribution in [0, 0.1) is 0 Å². The minimum atomic E-state index is -0.665. The lowest BCUT2D eigenvalue weighted by Gasteiger charge is -2.19. The molecule has 0 aromatic heterocycles. The zero-order valence-electron chi connectivity index (χ0n) is 15.5. The predicted molar refractivity (Wildman–Crippen MR) is 101 cm³/mol. The Labute approximate surface area is 158 Å². The lowest BCUT2D eigenvalue weighted by molar-refractivity contribution is -0.131. The number of nitrogens with one attached hydrogen (secondary N) is 2. The van der Waals surface area contributed by atoms with Crippen LogP contribution in [-0.4, -0.2) is 48.5 Å². The van der Waals surface area contributed by atoms with E-state index >= 15 is 0 Å². The van der Waals surface area contributed by atoms with Crippen LogP contribution in [0.15, 0.2) is 30.3 Å². The number of urea groups is 1. The quantitative estimate of drug-likeness (QED) is 0.436. The Morgan fingerprint density at radius 2 is 1.96 bits per heavy atom. The van der Waals surface area contributed by atoms with Crippen molar-refractivity contribution in [3.8, 4) is 5.75 Å². The summed E-state index contributed by atoms with van der Waals surface area (Å²) in [5.41, 5.74) is 0.230. The highest BCUT2D eigenvalue weighted by atomic mass is 16.5. The van der Waals surface area contributed by atoms with E-state index in [1.165, 1.54) is 11.0 Å². The summed E-state index contributed by atoms with van der Waals surface area (Å²) in [7, 11) is 1.60. The van der Waals surface area contributed by atoms with E-state index < -0.39 is 5.54 Å². The summed E-state index contributed by atoms with van der Waals surface area (Å²) in [6.07, 6.45) is 7.09. The minimum Gasteiger partial charge on any atom is -0.497 e. The van der Waals surface area contributed by atoms with Crippen LogP contribution in [0.3, 0.4) is 0 Å². The van der Waals surface area contributed by atoms with Crippen molar-refractivity contribution in [2.45, 2.75) is 37.6 Å². The van der Waals surface area contributed by atoms with Crippen molar-refractivity contribution in [2.24, 2.45) is 0 Å². The van der Waals surface area contributed by atoms with Crippen molar-refractivity contribution in [2.75, 3.05) is 20.2 Å². The van der Waals surface area contributed by atoms with Gasteiger partial charge in [-0.1, -0.05) is 25.0 Å². The first-order valence-electron chi connectivity index (χ1n) is 9.28. The molecule has 1 aromatic rings. The van der Waals surface area contributed by atoms with Crippen LogP contribution >= 0.6 is 0 Å². The predicted octanol–water partition coefficient (Wildman–Crippen LogP) is 2.08. The summed E-state index contributed by atoms with van der Waals surface area (Å²) in [5, 5.41) is 5.63. The number of hydrogen-bond donors (Lipinski definition) is 2. The van der Waals surface area contributed by atoms with Crippen LogP contribution < -0.4 is 15.4 Å². The van der Waals surface area contributed by atoms with E-state index in [0.29, 0.717) is 19.5 Å². The van der Waals surface area contributed by atoms with Crippen LogP contribution in [0.5, 0.6) is 5.75 Å². The molecule has 1 aliphatic carbocycles. The minimum absolute atomic E-state index is 0.115. The van der Waals surface area contributed by atoms with E-state index in [4.69, 9.17) is 4.74 Å². The van der Waals surface area contributed by atoms with Gasteiger partial charge in [-0.2, -0.15) is 0 Å². The number of rotatable bonds is 7. The third kappa shape index (κ3) is 4.30. The fourth-order valence-electron chi connectivity index (χ4n) is 3.59. The number of ether oxygens (including phenoxy) is 1. The molecule has 1 aromatic carbocycles. The van der Waals surface area contributed by atoms with Crippen LogP contribution in [-0.2, 0) is 9.59 Å². The molecule has 1 saturated carbocycles. The third-order valence-corrected chi connectivity index (χ3v) is 5.10. The first-order chi connectivity index (χ1) is 13.0. The van der Waals surface area contributed by atoms with Gasteiger partial charge in [-0.25, -0.2) is 4.79 Å². The van der Waals surface area contributed by atoms with Gasteiger partial charge in [0, 0.05) is 19.2 Å². The molecule has 7 nitrogen and oxygen atoms in total. The van der Waals surface area contributed by atoms with Gasteiger partial charge in [0.25, 0.3) is 5.91 Å². The standard InChI is InChI=1S/C20H25N3O4/c1-27-16-8-5-15(6-9-16)7-10-17(24)21-13-4-14-23-18(25)20(22-19(23)26)11-2-3-12-20/h5-10H,2-4,11-14H2,1H3,(H,21,24)(H,22,26)/b10-7+. The molecule has 0 radical (unpaired) electrons. The molecule has 1 saturated heterocycles. The Morgan fingerprint density at radius 3 is 2.63 bits per heavy atom. The zero-order valence-corrected chi connectivity index (χ0v) is 15.5. The topological polar surface area (TPSA) is 87.7 Å². The maximum atomic E-state index is 12.5. The van der Waals surface area contributed by atoms with Gasteiger partial charge in [0.2, 0.25) is 5.91 Å². The molecule has 0 unspecified atom stereocenters. The van der Waals surface area contributed by atoms with E-state index in [1.54, 1.807) is 13.2 Å². The Morgan fingerprint density at radius 1 is 1.26 bits per heavy atom. The van der Waals surface area contributed by atoms with E-state index in [2.05, 4.69) is 10.6 Å². The highest BCUT2D eigenvalue weighted by molar-refractivity contribution is 6.07. The molecule has 27 heavy (non-hydrogen) atoms. The van der Waals surface area contributed by atoms with Gasteiger partial charge in [0.15, 0.2) is 0 Å². The monoisotopic (exact) mass is 371 g/mol. The Bertz CT molecular complexity index is 736. The third-order valence-electron chi connectivity index (χ3n) is 5.10. The number of hydrogen-bond acceptors (Lipinski definition) is 4. The van der Waals surface area contributed by atoms with Gasteiger partial charge >= 0.3 is 6.03 Å². The summed E-state index contributed by atoms with van der Waals surface area (Å²) in [6, 6.07) is 7.06. The first kappa shape index (κ1) is 18.9. The molecule has 2 N–H and O–H groups in total. The van der Waals surface area contributed by atoms with Crippen molar-refractivity contribution in [3.05, 3.63) is 35.9 Å². The highest BCUT2D eigenvalue weighted by Gasteiger charge is 2.51. The fraction of sp³-hybridized carbons (Fsp3) is 0.450. The Balaban J connectivity index is 1.40. The first-order valence-corrected chi connectivity index (χ1v) is 9.28. The van der Waals surface area contributed by atoms with E-state index in [1.807, 2.05) is 24.3 Å². The van der Waals surface area contributed by atoms with Crippen LogP contribution in [0.1, 0.15) is 37.7 Å². The van der Waals surface area contributed by atoms with E-state index in [0.717, 1.165) is 37.0 Å². The lowest BCUT2D eigenvalue weighted by Crippen LogP contribution is -2.44. The van der Waals surface area contributed by atoms with Crippen LogP contribution in [0.2, 0.25) is 0 Å². The molecular formula is C20H25N3O4. The summed E-state index contributed by atoms with van der Waals surface area (Å²) in [5.74, 6) is 0.433. The lowest BCUT2D eigenvalue weighted by atomic mass is 9.98. The van der Waals surface area contributed by atoms with Crippen molar-refractivity contribution < 1.29 is 19.1 Å². The molecule has 3 rings (SSSR count). The van der Waals surface area contributed by atoms with Crippen molar-refractivity contribution >= 4 is 23.9 Å². The van der Waals surface area contributed by atoms with Gasteiger partial charge in [0.05, 0.1) is 7.11 Å². The Kier molecular flexibility index (Phi) is 5.78. The van der Waals surface area contributed by atoms with Crippen molar-refractivity contribution in [1.29, 1.82) is 0 Å². The molecule has 144 valence electrons.